The van der Waals surface area contributed by atoms with Crippen molar-refractivity contribution in [1.82, 2.24) is 19.8 Å². The van der Waals surface area contributed by atoms with Gasteiger partial charge in [0.15, 0.2) is 0 Å². The fraction of sp³-hybridized carbons (Fsp3) is 0.619. The number of benzene rings is 1. The predicted octanol–water partition coefficient (Wildman–Crippen LogP) is 2.42. The number of rotatable bonds is 5. The Bertz CT molecular complexity index is 945. The quantitative estimate of drug-likeness (QED) is 0.661. The highest BCUT2D eigenvalue weighted by Crippen LogP contribution is 2.30. The molecule has 0 spiro atoms. The van der Waals surface area contributed by atoms with E-state index in [9.17, 15) is 31.2 Å². The van der Waals surface area contributed by atoms with Crippen molar-refractivity contribution in [2.24, 2.45) is 5.92 Å². The van der Waals surface area contributed by atoms with Gasteiger partial charge < -0.3 is 5.32 Å². The standard InChI is InChI=1S/C21H29F3N4O4S/c1-15-4-2-3-5-18(15)25-20(30)26-19(29)14-27-10-12-28(13-11-27)33(31,32)17-8-6-16(7-9-17)21(22,23)24/h6-9,15,18H,2-5,10-14H2,1H3,(H2,25,26,29,30). The van der Waals surface area contributed by atoms with E-state index in [4.69, 9.17) is 0 Å². The summed E-state index contributed by atoms with van der Waals surface area (Å²) < 4.78 is 64.8. The van der Waals surface area contributed by atoms with Crippen molar-refractivity contribution in [3.05, 3.63) is 29.8 Å². The zero-order chi connectivity index (χ0) is 24.2. The summed E-state index contributed by atoms with van der Waals surface area (Å²) in [4.78, 5) is 25.9. The summed E-state index contributed by atoms with van der Waals surface area (Å²) in [7, 11) is -3.94. The maximum absolute atomic E-state index is 12.7. The third-order valence-corrected chi connectivity index (χ3v) is 8.11. The van der Waals surface area contributed by atoms with Crippen LogP contribution in [-0.4, -0.2) is 68.3 Å². The normalized spacial score (nSPS) is 23.2. The highest BCUT2D eigenvalue weighted by atomic mass is 32.2. The molecule has 1 aromatic rings. The number of imide groups is 1. The van der Waals surface area contributed by atoms with Crippen molar-refractivity contribution in [2.45, 2.75) is 49.7 Å². The summed E-state index contributed by atoms with van der Waals surface area (Å²) in [6.07, 6.45) is -0.430. The van der Waals surface area contributed by atoms with E-state index in [1.807, 2.05) is 0 Å². The van der Waals surface area contributed by atoms with Crippen molar-refractivity contribution in [3.8, 4) is 0 Å². The number of carbonyl (C=O) groups excluding carboxylic acids is 2. The third-order valence-electron chi connectivity index (χ3n) is 6.20. The molecule has 1 aliphatic heterocycles. The van der Waals surface area contributed by atoms with Crippen LogP contribution in [0.4, 0.5) is 18.0 Å². The van der Waals surface area contributed by atoms with E-state index in [0.29, 0.717) is 5.92 Å². The highest BCUT2D eigenvalue weighted by molar-refractivity contribution is 7.89. The molecular weight excluding hydrogens is 461 g/mol. The van der Waals surface area contributed by atoms with Gasteiger partial charge in [-0.25, -0.2) is 13.2 Å². The number of halogens is 3. The minimum absolute atomic E-state index is 0.0468. The second-order valence-corrected chi connectivity index (χ2v) is 10.5. The Morgan fingerprint density at radius 3 is 2.21 bits per heavy atom. The van der Waals surface area contributed by atoms with Crippen LogP contribution in [0.1, 0.15) is 38.2 Å². The van der Waals surface area contributed by atoms with E-state index < -0.39 is 33.7 Å². The monoisotopic (exact) mass is 490 g/mol. The van der Waals surface area contributed by atoms with Crippen LogP contribution < -0.4 is 10.6 Å². The lowest BCUT2D eigenvalue weighted by Gasteiger charge is -2.33. The number of nitrogens with one attached hydrogen (secondary N) is 2. The fourth-order valence-electron chi connectivity index (χ4n) is 4.20. The van der Waals surface area contributed by atoms with Crippen LogP contribution in [0.2, 0.25) is 0 Å². The summed E-state index contributed by atoms with van der Waals surface area (Å²) in [5.41, 5.74) is -0.917. The van der Waals surface area contributed by atoms with Gasteiger partial charge in [0.25, 0.3) is 0 Å². The van der Waals surface area contributed by atoms with Gasteiger partial charge >= 0.3 is 12.2 Å². The first-order valence-electron chi connectivity index (χ1n) is 11.0. The number of amides is 3. The molecule has 0 radical (unpaired) electrons. The lowest BCUT2D eigenvalue weighted by Crippen LogP contribution is -2.53. The lowest BCUT2D eigenvalue weighted by molar-refractivity contribution is -0.137. The smallest absolute Gasteiger partial charge is 0.335 e. The molecule has 33 heavy (non-hydrogen) atoms. The van der Waals surface area contributed by atoms with Crippen LogP contribution >= 0.6 is 0 Å². The molecule has 2 fully saturated rings. The van der Waals surface area contributed by atoms with Crippen LogP contribution in [0.3, 0.4) is 0 Å². The minimum Gasteiger partial charge on any atom is -0.335 e. The van der Waals surface area contributed by atoms with Crippen LogP contribution in [0.15, 0.2) is 29.2 Å². The maximum atomic E-state index is 12.7. The van der Waals surface area contributed by atoms with Crippen molar-refractivity contribution < 1.29 is 31.2 Å². The van der Waals surface area contributed by atoms with Gasteiger partial charge in [0.1, 0.15) is 0 Å². The Morgan fingerprint density at radius 1 is 1.03 bits per heavy atom. The average Bonchev–Trinajstić information content (AvgIpc) is 2.75. The Morgan fingerprint density at radius 2 is 1.64 bits per heavy atom. The fourth-order valence-corrected chi connectivity index (χ4v) is 5.62. The second kappa shape index (κ2) is 10.4. The summed E-state index contributed by atoms with van der Waals surface area (Å²) >= 11 is 0. The number of hydrogen-bond donors (Lipinski definition) is 2. The number of alkyl halides is 3. The van der Waals surface area contributed by atoms with Crippen LogP contribution in [-0.2, 0) is 21.0 Å². The molecule has 184 valence electrons. The Balaban J connectivity index is 1.47. The van der Waals surface area contributed by atoms with E-state index >= 15 is 0 Å². The maximum Gasteiger partial charge on any atom is 0.416 e. The highest BCUT2D eigenvalue weighted by Gasteiger charge is 2.33. The molecule has 1 heterocycles. The molecular formula is C21H29F3N4O4S. The van der Waals surface area contributed by atoms with E-state index in [1.165, 1.54) is 4.31 Å². The third kappa shape index (κ3) is 6.67. The summed E-state index contributed by atoms with van der Waals surface area (Å²) in [6.45, 7) is 2.71. The molecule has 2 unspecified atom stereocenters. The molecule has 8 nitrogen and oxygen atoms in total. The van der Waals surface area contributed by atoms with Crippen molar-refractivity contribution >= 4 is 22.0 Å². The molecule has 3 amide bonds. The summed E-state index contributed by atoms with van der Waals surface area (Å²) in [5, 5.41) is 5.17. The Kier molecular flexibility index (Phi) is 8.01. The van der Waals surface area contributed by atoms with Gasteiger partial charge in [-0.05, 0) is 43.0 Å². The van der Waals surface area contributed by atoms with Crippen LogP contribution in [0.5, 0.6) is 0 Å². The lowest BCUT2D eigenvalue weighted by atomic mass is 9.86. The molecule has 2 aliphatic rings. The van der Waals surface area contributed by atoms with E-state index in [-0.39, 0.29) is 43.7 Å². The van der Waals surface area contributed by atoms with Gasteiger partial charge in [0.05, 0.1) is 17.0 Å². The molecule has 2 atom stereocenters. The molecule has 3 rings (SSSR count). The van der Waals surface area contributed by atoms with Gasteiger partial charge in [0.2, 0.25) is 15.9 Å². The molecule has 1 saturated carbocycles. The van der Waals surface area contributed by atoms with Gasteiger partial charge in [-0.1, -0.05) is 19.8 Å². The van der Waals surface area contributed by atoms with Crippen molar-refractivity contribution in [1.29, 1.82) is 0 Å². The predicted molar refractivity (Wildman–Crippen MR) is 115 cm³/mol. The Hall–Kier alpha value is -2.18. The minimum atomic E-state index is -4.54. The number of piperazine rings is 1. The molecule has 0 bridgehead atoms. The summed E-state index contributed by atoms with van der Waals surface area (Å²) in [5.74, 6) is -0.116. The van der Waals surface area contributed by atoms with Crippen molar-refractivity contribution in [3.63, 3.8) is 0 Å². The second-order valence-electron chi connectivity index (χ2n) is 8.59. The SMILES string of the molecule is CC1CCCCC1NC(=O)NC(=O)CN1CCN(S(=O)(=O)c2ccc(C(F)(F)F)cc2)CC1. The number of sulfonamides is 1. The first kappa shape index (κ1) is 25.4. The van der Waals surface area contributed by atoms with Crippen molar-refractivity contribution in [2.75, 3.05) is 32.7 Å². The largest absolute Gasteiger partial charge is 0.416 e. The van der Waals surface area contributed by atoms with Gasteiger partial charge in [-0.2, -0.15) is 17.5 Å². The van der Waals surface area contributed by atoms with E-state index in [2.05, 4.69) is 17.6 Å². The Labute approximate surface area is 191 Å². The number of carbonyl (C=O) groups is 2. The topological polar surface area (TPSA) is 98.8 Å². The van der Waals surface area contributed by atoms with Gasteiger partial charge in [0, 0.05) is 32.2 Å². The summed E-state index contributed by atoms with van der Waals surface area (Å²) in [6, 6.07) is 2.90. The van der Waals surface area contributed by atoms with Crippen LogP contribution in [0.25, 0.3) is 0 Å². The molecule has 1 saturated heterocycles. The number of nitrogens with zero attached hydrogens (tertiary/aromatic N) is 2. The zero-order valence-electron chi connectivity index (χ0n) is 18.4. The van der Waals surface area contributed by atoms with Crippen LogP contribution in [0, 0.1) is 5.92 Å². The van der Waals surface area contributed by atoms with Gasteiger partial charge in [-0.15, -0.1) is 0 Å². The molecule has 12 heteroatoms. The number of urea groups is 1. The molecule has 1 aliphatic carbocycles. The zero-order valence-corrected chi connectivity index (χ0v) is 19.2. The molecule has 0 aromatic heterocycles. The first-order valence-corrected chi connectivity index (χ1v) is 12.4. The van der Waals surface area contributed by atoms with E-state index in [1.54, 1.807) is 4.90 Å². The molecule has 1 aromatic carbocycles. The molecule has 2 N–H and O–H groups in total. The van der Waals surface area contributed by atoms with E-state index in [0.717, 1.165) is 49.9 Å². The number of hydrogen-bond acceptors (Lipinski definition) is 5. The van der Waals surface area contributed by atoms with Gasteiger partial charge in [-0.3, -0.25) is 15.0 Å². The first-order chi connectivity index (χ1) is 15.5. The average molecular weight is 491 g/mol.